The first-order valence-electron chi connectivity index (χ1n) is 8.92. The number of aryl methyl sites for hydroxylation is 1. The van der Waals surface area contributed by atoms with Gasteiger partial charge in [0.15, 0.2) is 0 Å². The quantitative estimate of drug-likeness (QED) is 0.606. The van der Waals surface area contributed by atoms with Crippen molar-refractivity contribution in [1.82, 2.24) is 0 Å². The summed E-state index contributed by atoms with van der Waals surface area (Å²) in [6, 6.07) is 8.58. The van der Waals surface area contributed by atoms with Crippen LogP contribution in [0.2, 0.25) is 0 Å². The molecule has 0 unspecified atom stereocenters. The Labute approximate surface area is 169 Å². The molecule has 9 heteroatoms. The van der Waals surface area contributed by atoms with Gasteiger partial charge in [0.1, 0.15) is 12.4 Å². The van der Waals surface area contributed by atoms with E-state index in [1.165, 1.54) is 18.2 Å². The fourth-order valence-corrected chi connectivity index (χ4v) is 4.11. The molecule has 0 spiro atoms. The topological polar surface area (TPSA) is 90.0 Å². The Morgan fingerprint density at radius 1 is 1.00 bits per heavy atom. The average Bonchev–Trinajstić information content (AvgIpc) is 2.67. The number of hydrogen-bond donors (Lipinski definition) is 0. The molecule has 0 aliphatic heterocycles. The number of benzene rings is 2. The first kappa shape index (κ1) is 22.4. The van der Waals surface area contributed by atoms with Crippen LogP contribution in [-0.2, 0) is 24.3 Å². The van der Waals surface area contributed by atoms with Crippen LogP contribution < -0.4 is 4.31 Å². The Hall–Kier alpha value is -2.94. The minimum absolute atomic E-state index is 0.0873. The molecular formula is C20H22FNO6S. The Kier molecular flexibility index (Phi) is 7.33. The van der Waals surface area contributed by atoms with Crippen molar-refractivity contribution in [1.29, 1.82) is 0 Å². The van der Waals surface area contributed by atoms with Crippen LogP contribution in [0.25, 0.3) is 0 Å². The Morgan fingerprint density at radius 2 is 1.62 bits per heavy atom. The molecule has 0 N–H and O–H groups in total. The summed E-state index contributed by atoms with van der Waals surface area (Å²) < 4.78 is 50.3. The molecule has 0 aromatic heterocycles. The maximum Gasteiger partial charge on any atom is 0.338 e. The lowest BCUT2D eigenvalue weighted by Gasteiger charge is -2.25. The van der Waals surface area contributed by atoms with Crippen LogP contribution in [0, 0.1) is 12.7 Å². The summed E-state index contributed by atoms with van der Waals surface area (Å²) in [5.41, 5.74) is 0.879. The molecule has 29 heavy (non-hydrogen) atoms. The van der Waals surface area contributed by atoms with Crippen molar-refractivity contribution in [3.63, 3.8) is 0 Å². The van der Waals surface area contributed by atoms with Gasteiger partial charge in [0.05, 0.1) is 29.4 Å². The third-order valence-electron chi connectivity index (χ3n) is 3.96. The lowest BCUT2D eigenvalue weighted by molar-refractivity contribution is -0.141. The molecule has 2 aromatic rings. The van der Waals surface area contributed by atoms with Crippen LogP contribution in [0.4, 0.5) is 10.1 Å². The number of esters is 2. The largest absolute Gasteiger partial charge is 0.465 e. The highest BCUT2D eigenvalue weighted by atomic mass is 32.2. The van der Waals surface area contributed by atoms with Gasteiger partial charge in [-0.3, -0.25) is 9.10 Å². The molecule has 7 nitrogen and oxygen atoms in total. The van der Waals surface area contributed by atoms with E-state index in [-0.39, 0.29) is 29.4 Å². The maximum absolute atomic E-state index is 13.2. The van der Waals surface area contributed by atoms with Gasteiger partial charge in [-0.1, -0.05) is 0 Å². The average molecular weight is 423 g/mol. The molecule has 0 saturated carbocycles. The van der Waals surface area contributed by atoms with Gasteiger partial charge in [-0.15, -0.1) is 0 Å². The second-order valence-corrected chi connectivity index (χ2v) is 7.85. The van der Waals surface area contributed by atoms with Gasteiger partial charge >= 0.3 is 11.9 Å². The lowest BCUT2D eigenvalue weighted by atomic mass is 10.1. The minimum atomic E-state index is -4.20. The fourth-order valence-electron chi connectivity index (χ4n) is 2.63. The SMILES string of the molecule is CCOC(=O)CN(c1ccc(C(=O)OCC)cc1C)S(=O)(=O)c1ccc(F)cc1. The molecule has 0 heterocycles. The van der Waals surface area contributed by atoms with Gasteiger partial charge in [0.25, 0.3) is 10.0 Å². The van der Waals surface area contributed by atoms with Crippen molar-refractivity contribution in [3.8, 4) is 0 Å². The highest BCUT2D eigenvalue weighted by molar-refractivity contribution is 7.92. The van der Waals surface area contributed by atoms with Crippen molar-refractivity contribution in [2.24, 2.45) is 0 Å². The van der Waals surface area contributed by atoms with Crippen LogP contribution in [-0.4, -0.2) is 40.1 Å². The Morgan fingerprint density at radius 3 is 2.17 bits per heavy atom. The summed E-state index contributed by atoms with van der Waals surface area (Å²) in [4.78, 5) is 23.8. The molecule has 0 bridgehead atoms. The normalized spacial score (nSPS) is 11.0. The number of sulfonamides is 1. The first-order chi connectivity index (χ1) is 13.7. The predicted octanol–water partition coefficient (Wildman–Crippen LogP) is 3.07. The highest BCUT2D eigenvalue weighted by Crippen LogP contribution is 2.28. The summed E-state index contributed by atoms with van der Waals surface area (Å²) in [7, 11) is -4.20. The molecule has 0 atom stereocenters. The van der Waals surface area contributed by atoms with E-state index in [0.717, 1.165) is 28.6 Å². The Bertz CT molecular complexity index is 989. The van der Waals surface area contributed by atoms with E-state index < -0.39 is 34.3 Å². The van der Waals surface area contributed by atoms with Crippen molar-refractivity contribution in [3.05, 3.63) is 59.4 Å². The third kappa shape index (κ3) is 5.32. The number of carbonyl (C=O) groups is 2. The molecule has 2 aromatic carbocycles. The highest BCUT2D eigenvalue weighted by Gasteiger charge is 2.29. The number of nitrogens with zero attached hydrogens (tertiary/aromatic N) is 1. The zero-order valence-corrected chi connectivity index (χ0v) is 17.2. The van der Waals surface area contributed by atoms with Crippen LogP contribution in [0.5, 0.6) is 0 Å². The van der Waals surface area contributed by atoms with Gasteiger partial charge in [-0.05, 0) is 68.8 Å². The minimum Gasteiger partial charge on any atom is -0.465 e. The maximum atomic E-state index is 13.2. The van der Waals surface area contributed by atoms with E-state index in [9.17, 15) is 22.4 Å². The molecule has 2 rings (SSSR count). The number of halogens is 1. The van der Waals surface area contributed by atoms with Crippen LogP contribution in [0.1, 0.15) is 29.8 Å². The van der Waals surface area contributed by atoms with Crippen molar-refractivity contribution >= 4 is 27.6 Å². The molecule has 0 aliphatic rings. The fraction of sp³-hybridized carbons (Fsp3) is 0.300. The van der Waals surface area contributed by atoms with E-state index >= 15 is 0 Å². The number of anilines is 1. The molecule has 0 aliphatic carbocycles. The van der Waals surface area contributed by atoms with E-state index in [4.69, 9.17) is 9.47 Å². The third-order valence-corrected chi connectivity index (χ3v) is 5.73. The van der Waals surface area contributed by atoms with Crippen molar-refractivity contribution in [2.45, 2.75) is 25.7 Å². The van der Waals surface area contributed by atoms with E-state index in [0.29, 0.717) is 5.56 Å². The summed E-state index contributed by atoms with van der Waals surface area (Å²) in [5, 5.41) is 0. The monoisotopic (exact) mass is 423 g/mol. The van der Waals surface area contributed by atoms with Gasteiger partial charge in [0.2, 0.25) is 0 Å². The van der Waals surface area contributed by atoms with Crippen LogP contribution in [0.15, 0.2) is 47.4 Å². The number of hydrogen-bond acceptors (Lipinski definition) is 6. The summed E-state index contributed by atoms with van der Waals surface area (Å²) in [6.07, 6.45) is 0. The predicted molar refractivity (Wildman–Crippen MR) is 105 cm³/mol. The van der Waals surface area contributed by atoms with Gasteiger partial charge in [-0.2, -0.15) is 0 Å². The molecule has 156 valence electrons. The summed E-state index contributed by atoms with van der Waals surface area (Å²) in [6.45, 7) is 4.60. The zero-order valence-electron chi connectivity index (χ0n) is 16.3. The van der Waals surface area contributed by atoms with Crippen LogP contribution >= 0.6 is 0 Å². The molecule has 0 radical (unpaired) electrons. The van der Waals surface area contributed by atoms with Gasteiger partial charge in [0, 0.05) is 0 Å². The Balaban J connectivity index is 2.52. The van der Waals surface area contributed by atoms with Crippen molar-refractivity contribution in [2.75, 3.05) is 24.1 Å². The molecule has 0 amide bonds. The van der Waals surface area contributed by atoms with Crippen molar-refractivity contribution < 1.29 is 31.9 Å². The van der Waals surface area contributed by atoms with Crippen LogP contribution in [0.3, 0.4) is 0 Å². The van der Waals surface area contributed by atoms with Gasteiger partial charge in [-0.25, -0.2) is 17.6 Å². The van der Waals surface area contributed by atoms with E-state index in [1.807, 2.05) is 0 Å². The zero-order chi connectivity index (χ0) is 21.6. The first-order valence-corrected chi connectivity index (χ1v) is 10.4. The number of ether oxygens (including phenoxy) is 2. The van der Waals surface area contributed by atoms with E-state index in [2.05, 4.69) is 0 Å². The summed E-state index contributed by atoms with van der Waals surface area (Å²) in [5.74, 6) is -1.87. The standard InChI is InChI=1S/C20H22FNO6S/c1-4-27-19(23)13-22(29(25,26)17-9-7-16(21)8-10-17)18-11-6-15(12-14(18)3)20(24)28-5-2/h6-12H,4-5,13H2,1-3H3. The second kappa shape index (κ2) is 9.51. The second-order valence-electron chi connectivity index (χ2n) is 5.99. The van der Waals surface area contributed by atoms with Gasteiger partial charge < -0.3 is 9.47 Å². The molecule has 0 fully saturated rings. The number of rotatable bonds is 8. The molecular weight excluding hydrogens is 401 g/mol. The molecule has 0 saturated heterocycles. The van der Waals surface area contributed by atoms with E-state index in [1.54, 1.807) is 20.8 Å². The number of carbonyl (C=O) groups excluding carboxylic acids is 2. The smallest absolute Gasteiger partial charge is 0.338 e. The lowest BCUT2D eigenvalue weighted by Crippen LogP contribution is -2.37. The summed E-state index contributed by atoms with van der Waals surface area (Å²) >= 11 is 0.